The number of carbonyl (C=O) groups excluding carboxylic acids is 1. The van der Waals surface area contributed by atoms with Crippen molar-refractivity contribution in [2.24, 2.45) is 0 Å². The molecule has 0 aliphatic carbocycles. The maximum atomic E-state index is 15.2. The predicted octanol–water partition coefficient (Wildman–Crippen LogP) is 8.47. The summed E-state index contributed by atoms with van der Waals surface area (Å²) in [5.74, 6) is -8.01. The number of aromatic nitrogens is 4. The monoisotopic (exact) mass is 751 g/mol. The quantitative estimate of drug-likeness (QED) is 0.140. The summed E-state index contributed by atoms with van der Waals surface area (Å²) in [7, 11) is 0. The van der Waals surface area contributed by atoms with Crippen LogP contribution in [0.5, 0.6) is 5.75 Å². The molecule has 0 fully saturated rings. The first-order chi connectivity index (χ1) is 24.2. The van der Waals surface area contributed by atoms with Crippen molar-refractivity contribution in [3.8, 4) is 17.1 Å². The number of alkyl halides is 10. The predicted molar refractivity (Wildman–Crippen MR) is 152 cm³/mol. The molecule has 7 nitrogen and oxygen atoms in total. The summed E-state index contributed by atoms with van der Waals surface area (Å²) in [5, 5.41) is 15.3. The van der Waals surface area contributed by atoms with Gasteiger partial charge in [0.05, 0.1) is 16.7 Å². The number of nitrogens with zero attached hydrogens (tertiary/aromatic N) is 3. The van der Waals surface area contributed by atoms with Gasteiger partial charge in [-0.3, -0.25) is 4.79 Å². The number of aromatic amines is 1. The molecular weight excluding hydrogens is 733 g/mol. The lowest BCUT2D eigenvalue weighted by molar-refractivity contribution is -0.253. The van der Waals surface area contributed by atoms with Gasteiger partial charge in [0.25, 0.3) is 5.91 Å². The minimum atomic E-state index is -5.42. The number of hydrogen-bond donors (Lipinski definition) is 2. The molecule has 0 radical (unpaired) electrons. The van der Waals surface area contributed by atoms with Crippen LogP contribution in [-0.4, -0.2) is 39.1 Å². The molecule has 1 aromatic heterocycles. The summed E-state index contributed by atoms with van der Waals surface area (Å²) < 4.78 is 185. The van der Waals surface area contributed by atoms with E-state index in [1.54, 1.807) is 0 Å². The molecule has 1 heterocycles. The maximum absolute atomic E-state index is 15.2. The second kappa shape index (κ2) is 13.8. The number of rotatable bonds is 10. The van der Waals surface area contributed by atoms with Crippen LogP contribution in [0.15, 0.2) is 78.9 Å². The molecule has 0 spiro atoms. The Morgan fingerprint density at radius 3 is 1.94 bits per heavy atom. The summed E-state index contributed by atoms with van der Waals surface area (Å²) >= 11 is 0. The van der Waals surface area contributed by atoms with Gasteiger partial charge < -0.3 is 10.1 Å². The van der Waals surface area contributed by atoms with Crippen LogP contribution in [0.3, 0.4) is 0 Å². The molecule has 0 aliphatic rings. The third kappa shape index (κ3) is 7.94. The van der Waals surface area contributed by atoms with Gasteiger partial charge >= 0.3 is 24.9 Å². The molecule has 0 unspecified atom stereocenters. The van der Waals surface area contributed by atoms with E-state index in [2.05, 4.69) is 30.7 Å². The number of H-pyrrole nitrogens is 1. The zero-order valence-electron chi connectivity index (χ0n) is 25.4. The minimum absolute atomic E-state index is 0.0326. The first-order valence-corrected chi connectivity index (χ1v) is 14.2. The van der Waals surface area contributed by atoms with E-state index in [9.17, 15) is 57.5 Å². The second-order valence-corrected chi connectivity index (χ2v) is 11.0. The molecule has 0 saturated heterocycles. The van der Waals surface area contributed by atoms with Crippen molar-refractivity contribution in [2.45, 2.75) is 36.8 Å². The van der Waals surface area contributed by atoms with E-state index >= 15 is 4.39 Å². The largest absolute Gasteiger partial charge is 0.461 e. The Labute approximate surface area is 282 Å². The van der Waals surface area contributed by atoms with E-state index in [0.29, 0.717) is 35.9 Å². The standard InChI is InChI=1S/C32H18F13N5O2/c33-20-10-19(11-21(13-20)52-32(44,45)28(36)37)29(18-6-8-25(35)23(12-18)31(41,42)43,14-15-1-3-16(4-2-15)26-47-49-50-48-26)46-27(51)17-5-7-24(34)22(9-17)30(38,39)40/h1-13,28H,14H2,(H,46,51)(H,47,48,49,50)/t29-/m0/s1. The van der Waals surface area contributed by atoms with E-state index in [1.165, 1.54) is 24.3 Å². The lowest BCUT2D eigenvalue weighted by Crippen LogP contribution is -2.49. The number of halogens is 13. The molecule has 0 bridgehead atoms. The van der Waals surface area contributed by atoms with Crippen LogP contribution >= 0.6 is 0 Å². The number of carbonyl (C=O) groups is 1. The minimum Gasteiger partial charge on any atom is -0.428 e. The van der Waals surface area contributed by atoms with Gasteiger partial charge in [0.1, 0.15) is 23.2 Å². The number of tetrazole rings is 1. The Hall–Kier alpha value is -5.69. The van der Waals surface area contributed by atoms with E-state index < -0.39 is 93.8 Å². The van der Waals surface area contributed by atoms with Crippen LogP contribution in [-0.2, 0) is 24.3 Å². The molecular formula is C32H18F13N5O2. The van der Waals surface area contributed by atoms with Gasteiger partial charge in [0.15, 0.2) is 0 Å². The van der Waals surface area contributed by atoms with Gasteiger partial charge in [-0.25, -0.2) is 13.2 Å². The molecule has 20 heteroatoms. The first-order valence-electron chi connectivity index (χ1n) is 14.2. The molecule has 0 aliphatic heterocycles. The zero-order valence-corrected chi connectivity index (χ0v) is 25.4. The van der Waals surface area contributed by atoms with Crippen molar-refractivity contribution < 1.29 is 66.6 Å². The maximum Gasteiger partial charge on any atom is 0.461 e. The molecule has 5 rings (SSSR count). The summed E-state index contributed by atoms with van der Waals surface area (Å²) in [6, 6.07) is 8.39. The summed E-state index contributed by atoms with van der Waals surface area (Å²) in [6.45, 7) is 0. The smallest absolute Gasteiger partial charge is 0.428 e. The van der Waals surface area contributed by atoms with Crippen molar-refractivity contribution in [3.05, 3.63) is 130 Å². The number of nitrogens with one attached hydrogen (secondary N) is 2. The fourth-order valence-electron chi connectivity index (χ4n) is 5.15. The van der Waals surface area contributed by atoms with Crippen molar-refractivity contribution >= 4 is 5.91 Å². The Morgan fingerprint density at radius 1 is 0.750 bits per heavy atom. The molecule has 5 aromatic rings. The fourth-order valence-corrected chi connectivity index (χ4v) is 5.15. The topological polar surface area (TPSA) is 92.8 Å². The van der Waals surface area contributed by atoms with E-state index in [-0.39, 0.29) is 35.7 Å². The third-order valence-corrected chi connectivity index (χ3v) is 7.52. The van der Waals surface area contributed by atoms with E-state index in [1.807, 2.05) is 0 Å². The molecule has 1 atom stereocenters. The molecule has 52 heavy (non-hydrogen) atoms. The highest BCUT2D eigenvalue weighted by Crippen LogP contribution is 2.41. The third-order valence-electron chi connectivity index (χ3n) is 7.52. The first kappa shape index (κ1) is 37.6. The van der Waals surface area contributed by atoms with Gasteiger partial charge in [-0.2, -0.15) is 49.1 Å². The van der Waals surface area contributed by atoms with E-state index in [0.717, 1.165) is 0 Å². The average molecular weight is 752 g/mol. The van der Waals surface area contributed by atoms with Crippen LogP contribution < -0.4 is 10.1 Å². The highest BCUT2D eigenvalue weighted by molar-refractivity contribution is 5.95. The molecule has 1 amide bonds. The van der Waals surface area contributed by atoms with Crippen molar-refractivity contribution in [3.63, 3.8) is 0 Å². The molecule has 2 N–H and O–H groups in total. The van der Waals surface area contributed by atoms with Crippen molar-refractivity contribution in [2.75, 3.05) is 0 Å². The van der Waals surface area contributed by atoms with Gasteiger partial charge in [-0.15, -0.1) is 10.2 Å². The lowest BCUT2D eigenvalue weighted by atomic mass is 9.76. The van der Waals surface area contributed by atoms with Crippen LogP contribution in [0.4, 0.5) is 57.1 Å². The highest BCUT2D eigenvalue weighted by Gasteiger charge is 2.46. The van der Waals surface area contributed by atoms with Crippen LogP contribution in [0, 0.1) is 17.5 Å². The van der Waals surface area contributed by atoms with E-state index in [4.69, 9.17) is 0 Å². The molecule has 274 valence electrons. The van der Waals surface area contributed by atoms with Gasteiger partial charge in [-0.05, 0) is 64.4 Å². The normalized spacial score (nSPS) is 13.6. The zero-order chi connectivity index (χ0) is 38.2. The number of ether oxygens (including phenoxy) is 1. The van der Waals surface area contributed by atoms with Crippen molar-refractivity contribution in [1.82, 2.24) is 25.9 Å². The number of benzene rings is 4. The average Bonchev–Trinajstić information content (AvgIpc) is 3.59. The van der Waals surface area contributed by atoms with Gasteiger partial charge in [0, 0.05) is 23.6 Å². The van der Waals surface area contributed by atoms with Crippen LogP contribution in [0.1, 0.15) is 38.2 Å². The van der Waals surface area contributed by atoms with Crippen LogP contribution in [0.2, 0.25) is 0 Å². The van der Waals surface area contributed by atoms with Gasteiger partial charge in [0.2, 0.25) is 5.82 Å². The van der Waals surface area contributed by atoms with Crippen molar-refractivity contribution in [1.29, 1.82) is 0 Å². The summed E-state index contributed by atoms with van der Waals surface area (Å²) in [5.41, 5.74) is -8.74. The lowest BCUT2D eigenvalue weighted by Gasteiger charge is -2.37. The Bertz CT molecular complexity index is 2070. The Kier molecular flexibility index (Phi) is 9.96. The highest BCUT2D eigenvalue weighted by atomic mass is 19.4. The molecule has 4 aromatic carbocycles. The summed E-state index contributed by atoms with van der Waals surface area (Å²) in [4.78, 5) is 13.8. The van der Waals surface area contributed by atoms with Crippen LogP contribution in [0.25, 0.3) is 11.4 Å². The number of amides is 1. The summed E-state index contributed by atoms with van der Waals surface area (Å²) in [6.07, 6.45) is -21.3. The van der Waals surface area contributed by atoms with Gasteiger partial charge in [-0.1, -0.05) is 30.3 Å². The Morgan fingerprint density at radius 2 is 1.37 bits per heavy atom. The number of hydrogen-bond acceptors (Lipinski definition) is 5. The molecule has 0 saturated carbocycles. The second-order valence-electron chi connectivity index (χ2n) is 11.0. The fraction of sp³-hybridized carbons (Fsp3) is 0.188. The SMILES string of the molecule is O=C(N[C@](Cc1ccc(-c2nn[nH]n2)cc1)(c1cc(F)cc(OC(F)(F)C(F)F)c1)c1ccc(F)c(C(F)(F)F)c1)c1ccc(F)c(C(F)(F)F)c1. The Balaban J connectivity index is 1.79.